The van der Waals surface area contributed by atoms with E-state index in [1.807, 2.05) is 30.3 Å². The van der Waals surface area contributed by atoms with Gasteiger partial charge in [0.1, 0.15) is 6.61 Å². The number of ether oxygens (including phenoxy) is 1. The number of halogens is 1. The van der Waals surface area contributed by atoms with Crippen LogP contribution in [0.2, 0.25) is 0 Å². The molecule has 0 unspecified atom stereocenters. The molecule has 3 rings (SSSR count). The highest BCUT2D eigenvalue weighted by atomic mass is 79.9. The number of hydrogen-bond acceptors (Lipinski definition) is 3. The Morgan fingerprint density at radius 1 is 1.20 bits per heavy atom. The van der Waals surface area contributed by atoms with Gasteiger partial charge in [0.05, 0.1) is 0 Å². The number of nitrogens with zero attached hydrogens (tertiary/aromatic N) is 1. The van der Waals surface area contributed by atoms with Crippen LogP contribution in [0.25, 0.3) is 0 Å². The summed E-state index contributed by atoms with van der Waals surface area (Å²) in [6, 6.07) is 12.9. The lowest BCUT2D eigenvalue weighted by Crippen LogP contribution is -2.37. The molecule has 0 radical (unpaired) electrons. The van der Waals surface area contributed by atoms with Crippen LogP contribution in [-0.2, 0) is 16.0 Å². The van der Waals surface area contributed by atoms with Gasteiger partial charge in [0, 0.05) is 35.1 Å². The van der Waals surface area contributed by atoms with Gasteiger partial charge in [0.2, 0.25) is 0 Å². The van der Waals surface area contributed by atoms with Crippen molar-refractivity contribution in [2.24, 2.45) is 0 Å². The standard InChI is InChI=1S/C19H19BrN2O3/c1-25-12-18(23)22-10-2-3-14-11-16(8-9-17(14)22)21-19(24)13-4-6-15(20)7-5-13/h4-9,11H,2-3,10,12H2,1H3,(H,21,24). The van der Waals surface area contributed by atoms with Crippen LogP contribution in [0.4, 0.5) is 11.4 Å². The normalized spacial score (nSPS) is 13.3. The van der Waals surface area contributed by atoms with E-state index in [2.05, 4.69) is 21.2 Å². The van der Waals surface area contributed by atoms with Gasteiger partial charge in [-0.05, 0) is 60.9 Å². The molecular formula is C19H19BrN2O3. The molecule has 0 bridgehead atoms. The smallest absolute Gasteiger partial charge is 0.255 e. The first kappa shape index (κ1) is 17.6. The molecule has 0 aliphatic carbocycles. The maximum absolute atomic E-state index is 12.3. The van der Waals surface area contributed by atoms with Crippen LogP contribution < -0.4 is 10.2 Å². The number of hydrogen-bond donors (Lipinski definition) is 1. The van der Waals surface area contributed by atoms with Gasteiger partial charge in [-0.15, -0.1) is 0 Å². The largest absolute Gasteiger partial charge is 0.375 e. The first-order valence-electron chi connectivity index (χ1n) is 8.07. The summed E-state index contributed by atoms with van der Waals surface area (Å²) in [6.45, 7) is 0.765. The average molecular weight is 403 g/mol. The van der Waals surface area contributed by atoms with Gasteiger partial charge in [-0.2, -0.15) is 0 Å². The summed E-state index contributed by atoms with van der Waals surface area (Å²) in [7, 11) is 1.52. The minimum Gasteiger partial charge on any atom is -0.375 e. The topological polar surface area (TPSA) is 58.6 Å². The van der Waals surface area contributed by atoms with Crippen molar-refractivity contribution in [1.29, 1.82) is 0 Å². The summed E-state index contributed by atoms with van der Waals surface area (Å²) in [5.74, 6) is -0.203. The Bertz CT molecular complexity index is 790. The van der Waals surface area contributed by atoms with E-state index in [1.165, 1.54) is 7.11 Å². The molecule has 0 atom stereocenters. The maximum Gasteiger partial charge on any atom is 0.255 e. The summed E-state index contributed by atoms with van der Waals surface area (Å²) in [5.41, 5.74) is 3.28. The zero-order valence-corrected chi connectivity index (χ0v) is 15.5. The Balaban J connectivity index is 1.78. The number of carbonyl (C=O) groups is 2. The number of benzene rings is 2. The summed E-state index contributed by atoms with van der Waals surface area (Å²) >= 11 is 3.36. The van der Waals surface area contributed by atoms with Gasteiger partial charge in [-0.25, -0.2) is 0 Å². The molecule has 0 saturated heterocycles. The minimum absolute atomic E-state index is 0.0462. The predicted octanol–water partition coefficient (Wildman–Crippen LogP) is 3.63. The molecule has 1 heterocycles. The number of fused-ring (bicyclic) bond motifs is 1. The van der Waals surface area contributed by atoms with Gasteiger partial charge < -0.3 is 15.0 Å². The molecule has 2 aromatic rings. The fourth-order valence-corrected chi connectivity index (χ4v) is 3.20. The third-order valence-corrected chi connectivity index (χ3v) is 4.66. The summed E-state index contributed by atoms with van der Waals surface area (Å²) in [4.78, 5) is 26.3. The van der Waals surface area contributed by atoms with Gasteiger partial charge in [0.15, 0.2) is 0 Å². The van der Waals surface area contributed by atoms with E-state index in [9.17, 15) is 9.59 Å². The van der Waals surface area contributed by atoms with Crippen molar-refractivity contribution in [3.63, 3.8) is 0 Å². The number of anilines is 2. The molecule has 1 N–H and O–H groups in total. The van der Waals surface area contributed by atoms with E-state index in [-0.39, 0.29) is 18.4 Å². The Kier molecular flexibility index (Phi) is 5.50. The van der Waals surface area contributed by atoms with E-state index in [4.69, 9.17) is 4.74 Å². The summed E-state index contributed by atoms with van der Waals surface area (Å²) in [5, 5.41) is 2.91. The van der Waals surface area contributed by atoms with Crippen LogP contribution in [0.1, 0.15) is 22.3 Å². The third kappa shape index (κ3) is 4.08. The number of nitrogens with one attached hydrogen (secondary N) is 1. The van der Waals surface area contributed by atoms with Gasteiger partial charge in [-0.1, -0.05) is 15.9 Å². The average Bonchev–Trinajstić information content (AvgIpc) is 2.61. The lowest BCUT2D eigenvalue weighted by molar-refractivity contribution is -0.122. The van der Waals surface area contributed by atoms with Crippen molar-refractivity contribution in [3.8, 4) is 0 Å². The van der Waals surface area contributed by atoms with E-state index in [1.54, 1.807) is 17.0 Å². The van der Waals surface area contributed by atoms with Crippen LogP contribution in [0.5, 0.6) is 0 Å². The van der Waals surface area contributed by atoms with Gasteiger partial charge >= 0.3 is 0 Å². The van der Waals surface area contributed by atoms with E-state index >= 15 is 0 Å². The number of aryl methyl sites for hydroxylation is 1. The Morgan fingerprint density at radius 3 is 2.68 bits per heavy atom. The number of methoxy groups -OCH3 is 1. The molecule has 0 aromatic heterocycles. The molecule has 0 saturated carbocycles. The molecule has 5 nitrogen and oxygen atoms in total. The van der Waals surface area contributed by atoms with Gasteiger partial charge in [-0.3, -0.25) is 9.59 Å². The molecule has 130 valence electrons. The molecular weight excluding hydrogens is 384 g/mol. The highest BCUT2D eigenvalue weighted by Gasteiger charge is 2.22. The van der Waals surface area contributed by atoms with Crippen LogP contribution in [0.15, 0.2) is 46.9 Å². The quantitative estimate of drug-likeness (QED) is 0.849. The van der Waals surface area contributed by atoms with Crippen molar-refractivity contribution >= 4 is 39.1 Å². The SMILES string of the molecule is COCC(=O)N1CCCc2cc(NC(=O)c3ccc(Br)cc3)ccc21. The zero-order valence-electron chi connectivity index (χ0n) is 13.9. The second-order valence-corrected chi connectivity index (χ2v) is 6.80. The monoisotopic (exact) mass is 402 g/mol. The van der Waals surface area contributed by atoms with Crippen molar-refractivity contribution in [1.82, 2.24) is 0 Å². The fraction of sp³-hybridized carbons (Fsp3) is 0.263. The van der Waals surface area contributed by atoms with E-state index in [0.29, 0.717) is 12.1 Å². The second-order valence-electron chi connectivity index (χ2n) is 5.89. The highest BCUT2D eigenvalue weighted by Crippen LogP contribution is 2.30. The highest BCUT2D eigenvalue weighted by molar-refractivity contribution is 9.10. The molecule has 2 aromatic carbocycles. The minimum atomic E-state index is -0.157. The van der Waals surface area contributed by atoms with Gasteiger partial charge in [0.25, 0.3) is 11.8 Å². The first-order chi connectivity index (χ1) is 12.1. The van der Waals surface area contributed by atoms with Crippen molar-refractivity contribution in [3.05, 3.63) is 58.1 Å². The molecule has 0 fully saturated rings. The number of amides is 2. The molecule has 6 heteroatoms. The van der Waals surface area contributed by atoms with Crippen LogP contribution in [0.3, 0.4) is 0 Å². The van der Waals surface area contributed by atoms with Crippen LogP contribution in [-0.4, -0.2) is 32.1 Å². The maximum atomic E-state index is 12.3. The van der Waals surface area contributed by atoms with E-state index < -0.39 is 0 Å². The first-order valence-corrected chi connectivity index (χ1v) is 8.87. The lowest BCUT2D eigenvalue weighted by atomic mass is 10.0. The lowest BCUT2D eigenvalue weighted by Gasteiger charge is -2.29. The van der Waals surface area contributed by atoms with Crippen molar-refractivity contribution in [2.45, 2.75) is 12.8 Å². The van der Waals surface area contributed by atoms with Crippen LogP contribution in [0, 0.1) is 0 Å². The molecule has 25 heavy (non-hydrogen) atoms. The van der Waals surface area contributed by atoms with E-state index in [0.717, 1.165) is 34.3 Å². The third-order valence-electron chi connectivity index (χ3n) is 4.13. The van der Waals surface area contributed by atoms with Crippen molar-refractivity contribution in [2.75, 3.05) is 30.5 Å². The Labute approximate surface area is 155 Å². The zero-order chi connectivity index (χ0) is 17.8. The van der Waals surface area contributed by atoms with Crippen LogP contribution >= 0.6 is 15.9 Å². The molecule has 2 amide bonds. The number of carbonyl (C=O) groups excluding carboxylic acids is 2. The Morgan fingerprint density at radius 2 is 1.96 bits per heavy atom. The number of rotatable bonds is 4. The summed E-state index contributed by atoms with van der Waals surface area (Å²) < 4.78 is 5.88. The molecule has 1 aliphatic heterocycles. The predicted molar refractivity (Wildman–Crippen MR) is 101 cm³/mol. The second kappa shape index (κ2) is 7.80. The summed E-state index contributed by atoms with van der Waals surface area (Å²) in [6.07, 6.45) is 1.78. The molecule has 1 aliphatic rings. The Hall–Kier alpha value is -2.18. The molecule has 0 spiro atoms. The fourth-order valence-electron chi connectivity index (χ4n) is 2.94. The van der Waals surface area contributed by atoms with Crippen molar-refractivity contribution < 1.29 is 14.3 Å².